The summed E-state index contributed by atoms with van der Waals surface area (Å²) in [5.41, 5.74) is 8.77. The van der Waals surface area contributed by atoms with Gasteiger partial charge in [-0.15, -0.1) is 11.3 Å². The van der Waals surface area contributed by atoms with E-state index >= 15 is 0 Å². The molecule has 0 bridgehead atoms. The van der Waals surface area contributed by atoms with Gasteiger partial charge in [-0.25, -0.2) is 9.37 Å². The minimum absolute atomic E-state index is 0.362. The molecular formula is C14H10FN3S. The predicted molar refractivity (Wildman–Crippen MR) is 75.2 cm³/mol. The van der Waals surface area contributed by atoms with Gasteiger partial charge in [0.2, 0.25) is 0 Å². The first-order chi connectivity index (χ1) is 9.22. The zero-order valence-corrected chi connectivity index (χ0v) is 10.7. The fraction of sp³-hybridized carbons (Fsp3) is 0. The maximum absolute atomic E-state index is 13.1. The lowest BCUT2D eigenvalue weighted by Crippen LogP contribution is -1.85. The van der Waals surface area contributed by atoms with Gasteiger partial charge in [0.1, 0.15) is 10.8 Å². The smallest absolute Gasteiger partial charge is 0.142 e. The fourth-order valence-corrected chi connectivity index (χ4v) is 2.55. The van der Waals surface area contributed by atoms with Crippen LogP contribution < -0.4 is 5.73 Å². The molecule has 0 saturated carbocycles. The number of rotatable bonds is 2. The summed E-state index contributed by atoms with van der Waals surface area (Å²) in [5.74, 6) is -0.362. The van der Waals surface area contributed by atoms with Crippen LogP contribution in [0, 0.1) is 5.82 Å². The highest BCUT2D eigenvalue weighted by atomic mass is 32.1. The van der Waals surface area contributed by atoms with Gasteiger partial charge in [-0.3, -0.25) is 4.98 Å². The summed E-state index contributed by atoms with van der Waals surface area (Å²) in [5, 5.41) is 2.77. The van der Waals surface area contributed by atoms with Crippen LogP contribution in [0.3, 0.4) is 0 Å². The van der Waals surface area contributed by atoms with Gasteiger partial charge in [0, 0.05) is 28.4 Å². The molecule has 19 heavy (non-hydrogen) atoms. The van der Waals surface area contributed by atoms with E-state index in [0.29, 0.717) is 5.56 Å². The van der Waals surface area contributed by atoms with E-state index in [9.17, 15) is 4.39 Å². The van der Waals surface area contributed by atoms with E-state index in [1.807, 2.05) is 29.6 Å². The molecule has 0 saturated heterocycles. The van der Waals surface area contributed by atoms with Crippen LogP contribution in [0.4, 0.5) is 10.1 Å². The van der Waals surface area contributed by atoms with E-state index in [2.05, 4.69) is 9.97 Å². The molecule has 2 heterocycles. The average Bonchev–Trinajstić information content (AvgIpc) is 2.89. The predicted octanol–water partition coefficient (Wildman–Crippen LogP) is 3.59. The number of nitrogens with two attached hydrogens (primary N) is 1. The number of nitrogen functional groups attached to an aromatic ring is 1. The molecule has 2 aromatic heterocycles. The first kappa shape index (κ1) is 11.8. The van der Waals surface area contributed by atoms with Crippen LogP contribution in [0.5, 0.6) is 0 Å². The number of benzene rings is 1. The number of aromatic nitrogens is 2. The van der Waals surface area contributed by atoms with Crippen molar-refractivity contribution >= 4 is 17.0 Å². The average molecular weight is 271 g/mol. The Morgan fingerprint density at radius 2 is 1.84 bits per heavy atom. The summed E-state index contributed by atoms with van der Waals surface area (Å²) in [4.78, 5) is 8.32. The van der Waals surface area contributed by atoms with E-state index in [1.54, 1.807) is 6.20 Å². The molecule has 1 aromatic carbocycles. The zero-order chi connectivity index (χ0) is 13.2. The molecule has 3 aromatic rings. The summed E-state index contributed by atoms with van der Waals surface area (Å²) in [7, 11) is 0. The van der Waals surface area contributed by atoms with Crippen molar-refractivity contribution in [3.05, 3.63) is 53.9 Å². The largest absolute Gasteiger partial charge is 0.399 e. The minimum atomic E-state index is -0.362. The second kappa shape index (κ2) is 4.78. The van der Waals surface area contributed by atoms with Gasteiger partial charge in [0.05, 0.1) is 11.9 Å². The van der Waals surface area contributed by atoms with E-state index in [4.69, 9.17) is 5.73 Å². The molecule has 2 N–H and O–H groups in total. The molecule has 0 unspecified atom stereocenters. The van der Waals surface area contributed by atoms with E-state index in [1.165, 1.54) is 23.6 Å². The molecule has 0 aliphatic heterocycles. The van der Waals surface area contributed by atoms with Crippen LogP contribution in [-0.2, 0) is 0 Å². The van der Waals surface area contributed by atoms with Crippen molar-refractivity contribution in [2.75, 3.05) is 5.73 Å². The molecule has 0 spiro atoms. The highest BCUT2D eigenvalue weighted by Gasteiger charge is 2.07. The molecule has 0 fully saturated rings. The Labute approximate surface area is 113 Å². The summed E-state index contributed by atoms with van der Waals surface area (Å²) in [6, 6.07) is 8.93. The van der Waals surface area contributed by atoms with Crippen molar-refractivity contribution in [3.8, 4) is 21.8 Å². The first-order valence-electron chi connectivity index (χ1n) is 5.65. The lowest BCUT2D eigenvalue weighted by molar-refractivity contribution is 0.622. The minimum Gasteiger partial charge on any atom is -0.399 e. The third kappa shape index (κ3) is 2.46. The van der Waals surface area contributed by atoms with E-state index in [0.717, 1.165) is 22.0 Å². The van der Waals surface area contributed by atoms with Gasteiger partial charge in [0.25, 0.3) is 0 Å². The lowest BCUT2D eigenvalue weighted by atomic mass is 10.2. The van der Waals surface area contributed by atoms with Crippen LogP contribution in [-0.4, -0.2) is 9.97 Å². The molecule has 0 aliphatic rings. The third-order valence-corrected chi connectivity index (χ3v) is 3.55. The highest BCUT2D eigenvalue weighted by molar-refractivity contribution is 7.13. The second-order valence-corrected chi connectivity index (χ2v) is 4.91. The van der Waals surface area contributed by atoms with Gasteiger partial charge in [-0.1, -0.05) is 0 Å². The first-order valence-corrected chi connectivity index (χ1v) is 6.53. The maximum Gasteiger partial charge on any atom is 0.142 e. The van der Waals surface area contributed by atoms with Crippen molar-refractivity contribution in [2.45, 2.75) is 0 Å². The topological polar surface area (TPSA) is 51.8 Å². The number of anilines is 1. The van der Waals surface area contributed by atoms with E-state index in [-0.39, 0.29) is 5.82 Å². The van der Waals surface area contributed by atoms with Crippen molar-refractivity contribution < 1.29 is 4.39 Å². The van der Waals surface area contributed by atoms with Crippen molar-refractivity contribution in [1.29, 1.82) is 0 Å². The van der Waals surface area contributed by atoms with E-state index < -0.39 is 0 Å². The van der Waals surface area contributed by atoms with Crippen LogP contribution in [0.15, 0.2) is 48.1 Å². The van der Waals surface area contributed by atoms with Crippen molar-refractivity contribution in [2.24, 2.45) is 0 Å². The summed E-state index contributed by atoms with van der Waals surface area (Å²) in [6.45, 7) is 0. The van der Waals surface area contributed by atoms with Crippen LogP contribution in [0.1, 0.15) is 0 Å². The van der Waals surface area contributed by atoms with Crippen molar-refractivity contribution in [3.63, 3.8) is 0 Å². The molecular weight excluding hydrogens is 261 g/mol. The summed E-state index contributed by atoms with van der Waals surface area (Å²) in [6.07, 6.45) is 2.78. The molecule has 0 amide bonds. The lowest BCUT2D eigenvalue weighted by Gasteiger charge is -1.97. The number of nitrogens with zero attached hydrogens (tertiary/aromatic N) is 2. The highest BCUT2D eigenvalue weighted by Crippen LogP contribution is 2.29. The Morgan fingerprint density at radius 1 is 1.05 bits per heavy atom. The van der Waals surface area contributed by atoms with Gasteiger partial charge in [-0.05, 0) is 30.3 Å². The number of halogens is 1. The van der Waals surface area contributed by atoms with Gasteiger partial charge in [0.15, 0.2) is 0 Å². The van der Waals surface area contributed by atoms with Crippen LogP contribution in [0.25, 0.3) is 21.8 Å². The Bertz CT molecular complexity index is 707. The fourth-order valence-electron chi connectivity index (χ4n) is 1.72. The number of pyridine rings is 1. The normalized spacial score (nSPS) is 10.6. The molecule has 0 radical (unpaired) electrons. The zero-order valence-electron chi connectivity index (χ0n) is 9.88. The molecule has 3 rings (SSSR count). The quantitative estimate of drug-likeness (QED) is 0.725. The van der Waals surface area contributed by atoms with Crippen LogP contribution >= 0.6 is 11.3 Å². The number of thiazole rings is 1. The van der Waals surface area contributed by atoms with Crippen LogP contribution in [0.2, 0.25) is 0 Å². The number of hydrogen-bond acceptors (Lipinski definition) is 4. The molecule has 94 valence electrons. The molecule has 0 aliphatic carbocycles. The SMILES string of the molecule is Nc1ccc(-c2nc(-c3cncc(F)c3)cs2)cc1. The Balaban J connectivity index is 1.97. The molecule has 5 heteroatoms. The van der Waals surface area contributed by atoms with Gasteiger partial charge in [-0.2, -0.15) is 0 Å². The summed E-state index contributed by atoms with van der Waals surface area (Å²) >= 11 is 1.51. The van der Waals surface area contributed by atoms with Gasteiger partial charge < -0.3 is 5.73 Å². The van der Waals surface area contributed by atoms with Gasteiger partial charge >= 0.3 is 0 Å². The second-order valence-electron chi connectivity index (χ2n) is 4.05. The maximum atomic E-state index is 13.1. The Kier molecular flexibility index (Phi) is 2.97. The molecule has 0 atom stereocenters. The number of hydrogen-bond donors (Lipinski definition) is 1. The molecule has 3 nitrogen and oxygen atoms in total. The Morgan fingerprint density at radius 3 is 2.58 bits per heavy atom. The Hall–Kier alpha value is -2.27. The summed E-state index contributed by atoms with van der Waals surface area (Å²) < 4.78 is 13.1. The third-order valence-electron chi connectivity index (χ3n) is 2.66. The standard InChI is InChI=1S/C14H10FN3S/c15-11-5-10(6-17-7-11)13-8-19-14(18-13)9-1-3-12(16)4-2-9/h1-8H,16H2. The monoisotopic (exact) mass is 271 g/mol. The van der Waals surface area contributed by atoms with Crippen molar-refractivity contribution in [1.82, 2.24) is 9.97 Å².